The van der Waals surface area contributed by atoms with Crippen LogP contribution in [-0.4, -0.2) is 15.1 Å². The average Bonchev–Trinajstić information content (AvgIpc) is 2.66. The van der Waals surface area contributed by atoms with Crippen molar-refractivity contribution in [2.45, 2.75) is 38.0 Å². The quantitative estimate of drug-likeness (QED) is 0.743. The lowest BCUT2D eigenvalue weighted by atomic mass is 9.93. The first kappa shape index (κ1) is 12.5. The Bertz CT molecular complexity index is 352. The van der Waals surface area contributed by atoms with Crippen molar-refractivity contribution in [1.29, 1.82) is 5.26 Å². The smallest absolute Gasteiger partial charge is 0.170 e. The molecule has 0 bridgehead atoms. The van der Waals surface area contributed by atoms with Crippen molar-refractivity contribution in [2.75, 3.05) is 5.75 Å². The molecule has 0 amide bonds. The van der Waals surface area contributed by atoms with Crippen molar-refractivity contribution < 1.29 is 0 Å². The van der Waals surface area contributed by atoms with Crippen molar-refractivity contribution in [3.63, 3.8) is 0 Å². The molecule has 0 saturated heterocycles. The summed E-state index contributed by atoms with van der Waals surface area (Å²) in [7, 11) is 0. The van der Waals surface area contributed by atoms with E-state index in [1.807, 2.05) is 13.8 Å². The fraction of sp³-hybridized carbons (Fsp3) is 0.700. The van der Waals surface area contributed by atoms with Crippen LogP contribution >= 0.6 is 23.3 Å². The van der Waals surface area contributed by atoms with Crippen molar-refractivity contribution in [3.8, 4) is 6.07 Å². The molecule has 0 aliphatic carbocycles. The monoisotopic (exact) mass is 241 g/mol. The van der Waals surface area contributed by atoms with Crippen LogP contribution in [0.15, 0.2) is 4.34 Å². The number of aromatic nitrogens is 2. The van der Waals surface area contributed by atoms with Gasteiger partial charge in [0.15, 0.2) is 4.34 Å². The second-order valence-corrected chi connectivity index (χ2v) is 6.02. The molecule has 5 heteroatoms. The van der Waals surface area contributed by atoms with Gasteiger partial charge in [-0.1, -0.05) is 18.7 Å². The lowest BCUT2D eigenvalue weighted by Crippen LogP contribution is -2.08. The van der Waals surface area contributed by atoms with Crippen LogP contribution in [0.2, 0.25) is 0 Å². The molecule has 1 rings (SSSR count). The topological polar surface area (TPSA) is 49.6 Å². The molecule has 0 spiro atoms. The Kier molecular flexibility index (Phi) is 4.55. The molecule has 0 atom stereocenters. The molecule has 0 radical (unpaired) electrons. The van der Waals surface area contributed by atoms with E-state index in [1.54, 1.807) is 11.8 Å². The summed E-state index contributed by atoms with van der Waals surface area (Å²) >= 11 is 3.14. The van der Waals surface area contributed by atoms with Crippen molar-refractivity contribution in [3.05, 3.63) is 5.82 Å². The van der Waals surface area contributed by atoms with Gasteiger partial charge >= 0.3 is 0 Å². The number of hydrogen-bond acceptors (Lipinski definition) is 5. The molecule has 0 N–H and O–H groups in total. The third-order valence-electron chi connectivity index (χ3n) is 2.02. The highest BCUT2D eigenvalue weighted by atomic mass is 32.2. The maximum atomic E-state index is 8.85. The zero-order valence-electron chi connectivity index (χ0n) is 9.28. The fourth-order valence-electron chi connectivity index (χ4n) is 0.890. The normalized spacial score (nSPS) is 11.3. The predicted octanol–water partition coefficient (Wildman–Crippen LogP) is 3.13. The minimum absolute atomic E-state index is 0.231. The first-order valence-electron chi connectivity index (χ1n) is 4.94. The van der Waals surface area contributed by atoms with Crippen molar-refractivity contribution in [1.82, 2.24) is 9.36 Å². The lowest BCUT2D eigenvalue weighted by molar-refractivity contribution is 0.482. The van der Waals surface area contributed by atoms with Crippen LogP contribution in [0.3, 0.4) is 0 Å². The van der Waals surface area contributed by atoms with Gasteiger partial charge in [-0.2, -0.15) is 9.64 Å². The molecule has 82 valence electrons. The minimum Gasteiger partial charge on any atom is -0.213 e. The molecule has 3 nitrogen and oxygen atoms in total. The van der Waals surface area contributed by atoms with Gasteiger partial charge in [0.05, 0.1) is 11.5 Å². The van der Waals surface area contributed by atoms with Gasteiger partial charge in [-0.3, -0.25) is 0 Å². The second-order valence-electron chi connectivity index (χ2n) is 3.92. The van der Waals surface area contributed by atoms with Gasteiger partial charge in [0.1, 0.15) is 5.82 Å². The first-order valence-corrected chi connectivity index (χ1v) is 6.70. The second kappa shape index (κ2) is 5.47. The SMILES string of the molecule is CCc1nsc(SCCC(C)(C)C#N)n1. The summed E-state index contributed by atoms with van der Waals surface area (Å²) in [4.78, 5) is 4.36. The number of hydrogen-bond donors (Lipinski definition) is 0. The molecule has 0 aliphatic rings. The van der Waals surface area contributed by atoms with E-state index in [4.69, 9.17) is 5.26 Å². The molecule has 0 aliphatic heterocycles. The van der Waals surface area contributed by atoms with Crippen LogP contribution in [0.5, 0.6) is 0 Å². The summed E-state index contributed by atoms with van der Waals surface area (Å²) in [5.41, 5.74) is -0.231. The molecule has 15 heavy (non-hydrogen) atoms. The Balaban J connectivity index is 2.35. The van der Waals surface area contributed by atoms with Gasteiger partial charge in [-0.15, -0.1) is 0 Å². The molecular formula is C10H15N3S2. The summed E-state index contributed by atoms with van der Waals surface area (Å²) in [5.74, 6) is 1.85. The molecule has 0 unspecified atom stereocenters. The van der Waals surface area contributed by atoms with Gasteiger partial charge in [-0.05, 0) is 31.8 Å². The van der Waals surface area contributed by atoms with Gasteiger partial charge in [-0.25, -0.2) is 4.98 Å². The molecule has 0 aromatic carbocycles. The van der Waals surface area contributed by atoms with Crippen LogP contribution in [0.1, 0.15) is 33.0 Å². The van der Waals surface area contributed by atoms with Crippen LogP contribution < -0.4 is 0 Å². The number of aryl methyl sites for hydroxylation is 1. The summed E-state index contributed by atoms with van der Waals surface area (Å²) in [6.07, 6.45) is 1.77. The minimum atomic E-state index is -0.231. The largest absolute Gasteiger partial charge is 0.213 e. The molecule has 0 fully saturated rings. The Morgan fingerprint density at radius 2 is 2.27 bits per heavy atom. The lowest BCUT2D eigenvalue weighted by Gasteiger charge is -2.12. The summed E-state index contributed by atoms with van der Waals surface area (Å²) < 4.78 is 5.23. The molecular weight excluding hydrogens is 226 g/mol. The predicted molar refractivity (Wildman–Crippen MR) is 64.0 cm³/mol. The molecule has 0 saturated carbocycles. The third-order valence-corrected chi connectivity index (χ3v) is 3.89. The van der Waals surface area contributed by atoms with Crippen LogP contribution in [0.4, 0.5) is 0 Å². The van der Waals surface area contributed by atoms with E-state index in [0.717, 1.165) is 28.8 Å². The summed E-state index contributed by atoms with van der Waals surface area (Å²) in [6.45, 7) is 5.98. The zero-order valence-corrected chi connectivity index (χ0v) is 10.9. The van der Waals surface area contributed by atoms with Gasteiger partial charge in [0.25, 0.3) is 0 Å². The van der Waals surface area contributed by atoms with E-state index in [-0.39, 0.29) is 5.41 Å². The summed E-state index contributed by atoms with van der Waals surface area (Å²) in [6, 6.07) is 2.30. The average molecular weight is 241 g/mol. The Morgan fingerprint density at radius 1 is 1.53 bits per heavy atom. The van der Waals surface area contributed by atoms with Crippen molar-refractivity contribution in [2.24, 2.45) is 5.41 Å². The van der Waals surface area contributed by atoms with E-state index in [2.05, 4.69) is 22.4 Å². The van der Waals surface area contributed by atoms with Crippen LogP contribution in [0.25, 0.3) is 0 Å². The zero-order chi connectivity index (χ0) is 11.3. The van der Waals surface area contributed by atoms with E-state index in [9.17, 15) is 0 Å². The standard InChI is InChI=1S/C10H15N3S2/c1-4-8-12-9(15-13-8)14-6-5-10(2,3)7-11/h4-6H2,1-3H3. The first-order chi connectivity index (χ1) is 7.07. The van der Waals surface area contributed by atoms with Gasteiger partial charge < -0.3 is 0 Å². The van der Waals surface area contributed by atoms with E-state index >= 15 is 0 Å². The highest BCUT2D eigenvalue weighted by Gasteiger charge is 2.16. The Morgan fingerprint density at radius 3 is 2.80 bits per heavy atom. The Labute approximate surface area is 99.1 Å². The number of nitriles is 1. The summed E-state index contributed by atoms with van der Waals surface area (Å²) in [5, 5.41) is 8.85. The molecule has 1 heterocycles. The molecule has 1 aromatic heterocycles. The number of thioether (sulfide) groups is 1. The highest BCUT2D eigenvalue weighted by molar-refractivity contribution is 8.00. The van der Waals surface area contributed by atoms with Crippen LogP contribution in [0, 0.1) is 16.7 Å². The maximum Gasteiger partial charge on any atom is 0.170 e. The van der Waals surface area contributed by atoms with E-state index < -0.39 is 0 Å². The fourth-order valence-corrected chi connectivity index (χ4v) is 2.92. The Hall–Kier alpha value is -0.600. The number of nitrogens with zero attached hydrogens (tertiary/aromatic N) is 3. The molecule has 1 aromatic rings. The highest BCUT2D eigenvalue weighted by Crippen LogP contribution is 2.26. The maximum absolute atomic E-state index is 8.85. The van der Waals surface area contributed by atoms with E-state index in [1.165, 1.54) is 11.5 Å². The van der Waals surface area contributed by atoms with Crippen molar-refractivity contribution >= 4 is 23.3 Å². The van der Waals surface area contributed by atoms with Crippen LogP contribution in [-0.2, 0) is 6.42 Å². The van der Waals surface area contributed by atoms with Gasteiger partial charge in [0, 0.05) is 12.2 Å². The van der Waals surface area contributed by atoms with Gasteiger partial charge in [0.2, 0.25) is 0 Å². The van der Waals surface area contributed by atoms with E-state index in [0.29, 0.717) is 0 Å². The number of rotatable bonds is 5. The third kappa shape index (κ3) is 4.18.